The first-order valence-electron chi connectivity index (χ1n) is 9.75. The van der Waals surface area contributed by atoms with Crippen molar-refractivity contribution in [1.82, 2.24) is 30.3 Å². The maximum absolute atomic E-state index is 13.1. The molecule has 0 amide bonds. The van der Waals surface area contributed by atoms with Crippen molar-refractivity contribution in [3.8, 4) is 0 Å². The molecule has 0 saturated carbocycles. The molecule has 1 unspecified atom stereocenters. The maximum atomic E-state index is 13.1. The summed E-state index contributed by atoms with van der Waals surface area (Å²) in [4.78, 5) is 25.4. The minimum Gasteiger partial charge on any atom is -0.378 e. The molecule has 3 aromatic heterocycles. The van der Waals surface area contributed by atoms with Crippen LogP contribution < -0.4 is 15.8 Å². The number of ether oxygens (including phenoxy) is 1. The highest BCUT2D eigenvalue weighted by Crippen LogP contribution is 2.31. The number of aromatic nitrogens is 6. The summed E-state index contributed by atoms with van der Waals surface area (Å²) in [7, 11) is 0. The van der Waals surface area contributed by atoms with Crippen molar-refractivity contribution in [1.29, 1.82) is 0 Å². The fourth-order valence-electron chi connectivity index (χ4n) is 3.19. The zero-order valence-corrected chi connectivity index (χ0v) is 17.1. The molecule has 4 heterocycles. The molecule has 1 aliphatic rings. The fourth-order valence-corrected chi connectivity index (χ4v) is 3.19. The van der Waals surface area contributed by atoms with Crippen LogP contribution in [0.25, 0.3) is 0 Å². The molecule has 11 nitrogen and oxygen atoms in total. The lowest BCUT2D eigenvalue weighted by molar-refractivity contribution is -0.138. The molecule has 33 heavy (non-hydrogen) atoms. The van der Waals surface area contributed by atoms with Gasteiger partial charge in [0.1, 0.15) is 12.2 Å². The van der Waals surface area contributed by atoms with E-state index in [1.807, 2.05) is 4.90 Å². The third-order valence-electron chi connectivity index (χ3n) is 4.75. The number of hydrogen-bond acceptors (Lipinski definition) is 10. The van der Waals surface area contributed by atoms with E-state index in [1.54, 1.807) is 12.0 Å². The molecular weight excluding hydrogens is 452 g/mol. The van der Waals surface area contributed by atoms with Gasteiger partial charge in [0.05, 0.1) is 36.8 Å². The third kappa shape index (κ3) is 5.24. The van der Waals surface area contributed by atoms with Gasteiger partial charge in [0.2, 0.25) is 5.95 Å². The molecule has 15 heteroatoms. The van der Waals surface area contributed by atoms with Crippen LogP contribution in [0.5, 0.6) is 0 Å². The van der Waals surface area contributed by atoms with Crippen LogP contribution in [0.1, 0.15) is 30.1 Å². The Morgan fingerprint density at radius 1 is 1.30 bits per heavy atom. The summed E-state index contributed by atoms with van der Waals surface area (Å²) in [5.41, 5.74) is -3.13. The Bertz CT molecular complexity index is 1140. The first-order chi connectivity index (χ1) is 15.7. The SMILES string of the molecule is CC(COCc1nc(C2CN(c3ncc(F)cn3)C2)no1)Nc1cn[nH]c(=O)c1C(F)(F)F. The molecule has 1 fully saturated rings. The van der Waals surface area contributed by atoms with Gasteiger partial charge >= 0.3 is 6.18 Å². The summed E-state index contributed by atoms with van der Waals surface area (Å²) in [5, 5.41) is 11.7. The van der Waals surface area contributed by atoms with E-state index in [9.17, 15) is 22.4 Å². The molecule has 2 N–H and O–H groups in total. The van der Waals surface area contributed by atoms with Crippen LogP contribution in [0, 0.1) is 5.82 Å². The molecule has 1 aliphatic heterocycles. The molecule has 4 rings (SSSR count). The molecule has 0 aliphatic carbocycles. The van der Waals surface area contributed by atoms with Gasteiger partial charge in [-0.25, -0.2) is 19.5 Å². The largest absolute Gasteiger partial charge is 0.423 e. The Balaban J connectivity index is 1.25. The van der Waals surface area contributed by atoms with Gasteiger partial charge in [-0.3, -0.25) is 4.79 Å². The lowest BCUT2D eigenvalue weighted by Gasteiger charge is -2.37. The predicted molar refractivity (Wildman–Crippen MR) is 104 cm³/mol. The number of anilines is 2. The first-order valence-corrected chi connectivity index (χ1v) is 9.75. The molecule has 3 aromatic rings. The van der Waals surface area contributed by atoms with Crippen LogP contribution in [0.4, 0.5) is 29.2 Å². The van der Waals surface area contributed by atoms with E-state index in [0.717, 1.165) is 18.6 Å². The summed E-state index contributed by atoms with van der Waals surface area (Å²) in [6, 6.07) is -0.576. The highest BCUT2D eigenvalue weighted by Gasteiger charge is 2.37. The summed E-state index contributed by atoms with van der Waals surface area (Å²) < 4.78 is 62.8. The van der Waals surface area contributed by atoms with E-state index in [0.29, 0.717) is 24.9 Å². The Kier molecular flexibility index (Phi) is 6.22. The van der Waals surface area contributed by atoms with Gasteiger partial charge in [-0.1, -0.05) is 5.16 Å². The van der Waals surface area contributed by atoms with Crippen molar-refractivity contribution in [2.24, 2.45) is 0 Å². The minimum absolute atomic E-state index is 0.000914. The van der Waals surface area contributed by atoms with E-state index in [4.69, 9.17) is 9.26 Å². The second kappa shape index (κ2) is 9.09. The van der Waals surface area contributed by atoms with Crippen molar-refractivity contribution >= 4 is 11.6 Å². The van der Waals surface area contributed by atoms with Gasteiger partial charge in [0, 0.05) is 19.1 Å². The standard InChI is InChI=1S/C18H18F4N8O3/c1-9(26-12-4-25-28-16(31)14(12)18(20,21)22)7-32-8-13-27-15(29-33-13)10-5-30(6-10)17-23-2-11(19)3-24-17/h2-4,9-10H,5-8H2,1H3,(H2,26,28,31). The van der Waals surface area contributed by atoms with Gasteiger partial charge in [-0.05, 0) is 6.92 Å². The Hall–Kier alpha value is -3.62. The van der Waals surface area contributed by atoms with E-state index in [-0.39, 0.29) is 25.0 Å². The van der Waals surface area contributed by atoms with E-state index in [2.05, 4.69) is 30.5 Å². The van der Waals surface area contributed by atoms with Crippen molar-refractivity contribution in [3.63, 3.8) is 0 Å². The van der Waals surface area contributed by atoms with Crippen LogP contribution in [-0.4, -0.2) is 56.0 Å². The lowest BCUT2D eigenvalue weighted by Crippen LogP contribution is -2.46. The minimum atomic E-state index is -4.83. The summed E-state index contributed by atoms with van der Waals surface area (Å²) >= 11 is 0. The van der Waals surface area contributed by atoms with Gasteiger partial charge in [0.15, 0.2) is 11.6 Å². The molecular formula is C18H18F4N8O3. The van der Waals surface area contributed by atoms with Gasteiger partial charge < -0.3 is 19.5 Å². The molecule has 0 bridgehead atoms. The van der Waals surface area contributed by atoms with E-state index < -0.39 is 34.8 Å². The first kappa shape index (κ1) is 22.6. The number of halogens is 4. The number of aromatic amines is 1. The van der Waals surface area contributed by atoms with Gasteiger partial charge in [-0.2, -0.15) is 23.3 Å². The number of H-pyrrole nitrogens is 1. The molecule has 1 atom stereocenters. The normalized spacial score (nSPS) is 15.4. The van der Waals surface area contributed by atoms with Crippen molar-refractivity contribution in [3.05, 3.63) is 52.0 Å². The Labute approximate surface area is 183 Å². The highest BCUT2D eigenvalue weighted by molar-refractivity contribution is 5.50. The third-order valence-corrected chi connectivity index (χ3v) is 4.75. The van der Waals surface area contributed by atoms with E-state index in [1.165, 1.54) is 0 Å². The summed E-state index contributed by atoms with van der Waals surface area (Å²) in [5.74, 6) is 0.565. The van der Waals surface area contributed by atoms with Crippen LogP contribution in [0.3, 0.4) is 0 Å². The monoisotopic (exact) mass is 470 g/mol. The molecule has 0 radical (unpaired) electrons. The van der Waals surface area contributed by atoms with Crippen LogP contribution in [0.2, 0.25) is 0 Å². The zero-order valence-electron chi connectivity index (χ0n) is 17.1. The zero-order chi connectivity index (χ0) is 23.6. The number of nitrogens with zero attached hydrogens (tertiary/aromatic N) is 6. The van der Waals surface area contributed by atoms with Crippen LogP contribution >= 0.6 is 0 Å². The topological polar surface area (TPSA) is 135 Å². The van der Waals surface area contributed by atoms with Crippen molar-refractivity contribution in [2.45, 2.75) is 31.7 Å². The maximum Gasteiger partial charge on any atom is 0.423 e. The average Bonchev–Trinajstić information content (AvgIpc) is 3.15. The predicted octanol–water partition coefficient (Wildman–Crippen LogP) is 1.72. The second-order valence-electron chi connectivity index (χ2n) is 7.40. The smallest absolute Gasteiger partial charge is 0.378 e. The number of nitrogens with one attached hydrogen (secondary N) is 2. The Morgan fingerprint density at radius 2 is 2.03 bits per heavy atom. The Morgan fingerprint density at radius 3 is 2.73 bits per heavy atom. The van der Waals surface area contributed by atoms with Crippen LogP contribution in [-0.2, 0) is 17.5 Å². The van der Waals surface area contributed by atoms with Gasteiger partial charge in [0.25, 0.3) is 11.4 Å². The quantitative estimate of drug-likeness (QED) is 0.469. The summed E-state index contributed by atoms with van der Waals surface area (Å²) in [6.07, 6.45) is -1.76. The van der Waals surface area contributed by atoms with Gasteiger partial charge in [-0.15, -0.1) is 0 Å². The number of alkyl halides is 3. The molecule has 1 saturated heterocycles. The molecule has 0 spiro atoms. The lowest BCUT2D eigenvalue weighted by atomic mass is 10.0. The fraction of sp³-hybridized carbons (Fsp3) is 0.444. The van der Waals surface area contributed by atoms with Crippen LogP contribution in [0.15, 0.2) is 27.9 Å². The van der Waals surface area contributed by atoms with Crippen molar-refractivity contribution < 1.29 is 26.8 Å². The number of rotatable bonds is 8. The number of hydrogen-bond donors (Lipinski definition) is 2. The average molecular weight is 470 g/mol. The highest BCUT2D eigenvalue weighted by atomic mass is 19.4. The summed E-state index contributed by atoms with van der Waals surface area (Å²) in [6.45, 7) is 2.62. The van der Waals surface area contributed by atoms with E-state index >= 15 is 0 Å². The molecule has 176 valence electrons. The second-order valence-corrected chi connectivity index (χ2v) is 7.40. The van der Waals surface area contributed by atoms with Crippen molar-refractivity contribution in [2.75, 3.05) is 29.9 Å². The molecule has 0 aromatic carbocycles.